The molecule has 0 aliphatic carbocycles. The van der Waals surface area contributed by atoms with Gasteiger partial charge in [-0.2, -0.15) is 0 Å². The third-order valence-electron chi connectivity index (χ3n) is 2.17. The lowest BCUT2D eigenvalue weighted by atomic mass is 10.2. The Bertz CT molecular complexity index is 368. The quantitative estimate of drug-likeness (QED) is 0.627. The molecule has 3 nitrogen and oxygen atoms in total. The number of hydrogen-bond donors (Lipinski definition) is 2. The van der Waals surface area contributed by atoms with Gasteiger partial charge in [0.25, 0.3) is 0 Å². The molecule has 1 aliphatic heterocycles. The van der Waals surface area contributed by atoms with Crippen LogP contribution < -0.4 is 11.1 Å². The van der Waals surface area contributed by atoms with Crippen LogP contribution in [0.2, 0.25) is 0 Å². The van der Waals surface area contributed by atoms with E-state index in [1.54, 1.807) is 12.3 Å². The van der Waals surface area contributed by atoms with Crippen LogP contribution in [0.25, 0.3) is 6.08 Å². The molecule has 0 fully saturated rings. The van der Waals surface area contributed by atoms with Gasteiger partial charge in [-0.15, -0.1) is 6.58 Å². The molecule has 0 saturated heterocycles. The van der Waals surface area contributed by atoms with Gasteiger partial charge in [0.05, 0.1) is 11.6 Å². The smallest absolute Gasteiger partial charge is 0.145 e. The molecule has 1 aromatic heterocycles. The summed E-state index contributed by atoms with van der Waals surface area (Å²) in [5.41, 5.74) is 9.23. The molecule has 0 spiro atoms. The molecule has 0 bridgehead atoms. The van der Waals surface area contributed by atoms with Gasteiger partial charge >= 0.3 is 0 Å². The van der Waals surface area contributed by atoms with Gasteiger partial charge in [0.1, 0.15) is 11.4 Å². The topological polar surface area (TPSA) is 55.5 Å². The molecule has 0 radical (unpaired) electrons. The highest BCUT2D eigenvalue weighted by Gasteiger charge is 2.20. The number of nitrogens with two attached hydrogens (primary N) is 2. The van der Waals surface area contributed by atoms with Crippen molar-refractivity contribution in [2.24, 2.45) is 5.73 Å². The van der Waals surface area contributed by atoms with Crippen molar-refractivity contribution in [3.63, 3.8) is 0 Å². The van der Waals surface area contributed by atoms with E-state index in [1.807, 2.05) is 12.3 Å². The van der Waals surface area contributed by atoms with Crippen molar-refractivity contribution in [1.82, 2.24) is 4.98 Å². The second kappa shape index (κ2) is 3.12. The van der Waals surface area contributed by atoms with Gasteiger partial charge in [-0.05, 0) is 0 Å². The first-order valence-corrected chi connectivity index (χ1v) is 4.20. The molecule has 2 heterocycles. The lowest BCUT2D eigenvalue weighted by molar-refractivity contribution is -0.515. The van der Waals surface area contributed by atoms with E-state index in [2.05, 4.69) is 23.0 Å². The molecule has 13 heavy (non-hydrogen) atoms. The average molecular weight is 174 g/mol. The molecular formula is C10H12N3+. The molecule has 4 N–H and O–H groups in total. The Morgan fingerprint density at radius 3 is 3.15 bits per heavy atom. The number of hydrogen-bond acceptors (Lipinski definition) is 2. The third-order valence-corrected chi connectivity index (χ3v) is 2.17. The molecule has 1 atom stereocenters. The van der Waals surface area contributed by atoms with Crippen LogP contribution in [0.4, 0.5) is 5.69 Å². The van der Waals surface area contributed by atoms with Gasteiger partial charge in [0, 0.05) is 24.5 Å². The van der Waals surface area contributed by atoms with Crippen molar-refractivity contribution in [3.8, 4) is 0 Å². The Kier molecular flexibility index (Phi) is 1.96. The Labute approximate surface area is 77.0 Å². The van der Waals surface area contributed by atoms with Crippen LogP contribution in [0.3, 0.4) is 0 Å². The molecule has 3 heteroatoms. The summed E-state index contributed by atoms with van der Waals surface area (Å²) in [5.74, 6) is 0. The highest BCUT2D eigenvalue weighted by molar-refractivity contribution is 5.65. The lowest BCUT2D eigenvalue weighted by Crippen LogP contribution is -2.77. The second-order valence-corrected chi connectivity index (χ2v) is 3.05. The molecule has 1 aliphatic rings. The van der Waals surface area contributed by atoms with E-state index in [0.717, 1.165) is 11.3 Å². The molecule has 0 aromatic carbocycles. The Morgan fingerprint density at radius 1 is 1.62 bits per heavy atom. The average Bonchev–Trinajstić information content (AvgIpc) is 2.59. The Balaban J connectivity index is 2.30. The van der Waals surface area contributed by atoms with E-state index < -0.39 is 0 Å². The van der Waals surface area contributed by atoms with E-state index >= 15 is 0 Å². The van der Waals surface area contributed by atoms with E-state index in [4.69, 9.17) is 5.73 Å². The second-order valence-electron chi connectivity index (χ2n) is 3.05. The molecule has 66 valence electrons. The minimum absolute atomic E-state index is 0.0765. The van der Waals surface area contributed by atoms with Crippen molar-refractivity contribution in [3.05, 3.63) is 42.4 Å². The maximum Gasteiger partial charge on any atom is 0.145 e. The fourth-order valence-corrected chi connectivity index (χ4v) is 1.40. The third kappa shape index (κ3) is 1.39. The fraction of sp³-hybridized carbons (Fsp3) is 0.100. The maximum atomic E-state index is 5.82. The summed E-state index contributed by atoms with van der Waals surface area (Å²) in [6, 6.07) is 1.90. The fourth-order valence-electron chi connectivity index (χ4n) is 1.40. The normalized spacial score (nSPS) is 16.2. The number of quaternary nitrogens is 1. The summed E-state index contributed by atoms with van der Waals surface area (Å²) in [6.07, 6.45) is 7.41. The van der Waals surface area contributed by atoms with Crippen molar-refractivity contribution < 1.29 is 5.32 Å². The largest absolute Gasteiger partial charge is 0.316 e. The number of aromatic nitrogens is 1. The van der Waals surface area contributed by atoms with Crippen LogP contribution in [0, 0.1) is 0 Å². The minimum Gasteiger partial charge on any atom is -0.316 e. The summed E-state index contributed by atoms with van der Waals surface area (Å²) in [4.78, 5) is 4.04. The molecule has 0 amide bonds. The zero-order valence-electron chi connectivity index (χ0n) is 7.27. The first-order valence-electron chi connectivity index (χ1n) is 4.20. The van der Waals surface area contributed by atoms with Crippen molar-refractivity contribution in [2.45, 2.75) is 6.04 Å². The monoisotopic (exact) mass is 174 g/mol. The standard InChI is InChI=1S/C10H11N3/c1-2-8(11)10-5-7-6-12-4-3-9(7)13-10/h2-6,8,13H,1,11H2/p+1/t8-/m1/s1. The Morgan fingerprint density at radius 2 is 2.46 bits per heavy atom. The summed E-state index contributed by atoms with van der Waals surface area (Å²) in [6.45, 7) is 3.67. The molecule has 1 aromatic rings. The van der Waals surface area contributed by atoms with Crippen molar-refractivity contribution in [1.29, 1.82) is 0 Å². The van der Waals surface area contributed by atoms with E-state index in [0.29, 0.717) is 0 Å². The first-order chi connectivity index (χ1) is 6.31. The zero-order valence-corrected chi connectivity index (χ0v) is 7.27. The first kappa shape index (κ1) is 8.16. The van der Waals surface area contributed by atoms with Crippen LogP contribution >= 0.6 is 0 Å². The molecule has 2 rings (SSSR count). The minimum atomic E-state index is -0.0765. The lowest BCUT2D eigenvalue weighted by Gasteiger charge is -2.02. The van der Waals surface area contributed by atoms with Gasteiger partial charge in [-0.1, -0.05) is 6.08 Å². The number of nitrogens with zero attached hydrogens (tertiary/aromatic N) is 1. The maximum absolute atomic E-state index is 5.82. The number of rotatable bonds is 2. The van der Waals surface area contributed by atoms with Crippen LogP contribution in [-0.4, -0.2) is 11.0 Å². The SMILES string of the molecule is C=C[C@@H](N)C1=Cc2cnccc2[NH2+]1. The summed E-state index contributed by atoms with van der Waals surface area (Å²) in [5, 5.41) is 2.07. The van der Waals surface area contributed by atoms with E-state index in [9.17, 15) is 0 Å². The van der Waals surface area contributed by atoms with Gasteiger partial charge in [0.2, 0.25) is 0 Å². The summed E-state index contributed by atoms with van der Waals surface area (Å²) in [7, 11) is 0. The van der Waals surface area contributed by atoms with Crippen LogP contribution in [0.1, 0.15) is 5.56 Å². The highest BCUT2D eigenvalue weighted by atomic mass is 15.0. The zero-order chi connectivity index (χ0) is 9.26. The predicted octanol–water partition coefficient (Wildman–Crippen LogP) is 0.144. The molecule has 0 unspecified atom stereocenters. The van der Waals surface area contributed by atoms with Gasteiger partial charge in [-0.25, -0.2) is 0 Å². The highest BCUT2D eigenvalue weighted by Crippen LogP contribution is 2.17. The summed E-state index contributed by atoms with van der Waals surface area (Å²) >= 11 is 0. The van der Waals surface area contributed by atoms with Crippen LogP contribution in [0.15, 0.2) is 36.8 Å². The molecule has 0 saturated carbocycles. The Hall–Kier alpha value is -1.45. The van der Waals surface area contributed by atoms with Gasteiger partial charge in [0.15, 0.2) is 0 Å². The van der Waals surface area contributed by atoms with E-state index in [1.165, 1.54) is 5.69 Å². The number of pyridine rings is 1. The molecular weight excluding hydrogens is 162 g/mol. The van der Waals surface area contributed by atoms with Crippen LogP contribution in [-0.2, 0) is 0 Å². The van der Waals surface area contributed by atoms with Gasteiger partial charge in [-0.3, -0.25) is 10.3 Å². The van der Waals surface area contributed by atoms with Gasteiger partial charge < -0.3 is 5.73 Å². The summed E-state index contributed by atoms with van der Waals surface area (Å²) < 4.78 is 0. The van der Waals surface area contributed by atoms with Crippen LogP contribution in [0.5, 0.6) is 0 Å². The van der Waals surface area contributed by atoms with Crippen molar-refractivity contribution >= 4 is 11.8 Å². The van der Waals surface area contributed by atoms with E-state index in [-0.39, 0.29) is 6.04 Å². The number of fused-ring (bicyclic) bond motifs is 1. The van der Waals surface area contributed by atoms with Crippen molar-refractivity contribution in [2.75, 3.05) is 0 Å². The predicted molar refractivity (Wildman–Crippen MR) is 52.0 cm³/mol.